The number of nitrogens with one attached hydrogen (secondary N) is 1. The molecule has 0 amide bonds. The highest BCUT2D eigenvalue weighted by Gasteiger charge is 2.07. The molecule has 0 aliphatic carbocycles. The minimum absolute atomic E-state index is 0.130. The van der Waals surface area contributed by atoms with E-state index in [0.717, 1.165) is 18.2 Å². The number of carboxylic acid groups (broad SMARTS) is 1. The van der Waals surface area contributed by atoms with Crippen molar-refractivity contribution in [2.45, 2.75) is 19.3 Å². The van der Waals surface area contributed by atoms with E-state index in [9.17, 15) is 14.6 Å². The van der Waals surface area contributed by atoms with Gasteiger partial charge in [0.05, 0.1) is 5.56 Å². The van der Waals surface area contributed by atoms with Crippen molar-refractivity contribution in [1.29, 1.82) is 0 Å². The zero-order valence-electron chi connectivity index (χ0n) is 10.3. The molecule has 102 valence electrons. The molecule has 2 N–H and O–H groups in total. The van der Waals surface area contributed by atoms with Crippen LogP contribution in [0.1, 0.15) is 29.6 Å². The molecule has 0 radical (unpaired) electrons. The highest BCUT2D eigenvalue weighted by atomic mass is 16.4. The second-order valence-corrected chi connectivity index (χ2v) is 4.04. The van der Waals surface area contributed by atoms with Gasteiger partial charge >= 0.3 is 5.97 Å². The maximum atomic E-state index is 10.4. The maximum absolute atomic E-state index is 10.4. The van der Waals surface area contributed by atoms with Gasteiger partial charge in [-0.3, -0.25) is 0 Å². The Balaban J connectivity index is 0.000000250. The Morgan fingerprint density at radius 1 is 1.00 bits per heavy atom. The number of hydrogen-bond donors (Lipinski definition) is 2. The first-order valence-corrected chi connectivity index (χ1v) is 5.93. The number of nitroso groups, excluding NO2 is 2. The molecule has 1 fully saturated rings. The topological polar surface area (TPSA) is 108 Å². The van der Waals surface area contributed by atoms with E-state index in [1.165, 1.54) is 32.4 Å². The van der Waals surface area contributed by atoms with Gasteiger partial charge in [0.1, 0.15) is 11.4 Å². The van der Waals surface area contributed by atoms with Gasteiger partial charge in [-0.1, -0.05) is 6.42 Å². The number of hydrogen-bond acceptors (Lipinski definition) is 6. The van der Waals surface area contributed by atoms with Crippen LogP contribution < -0.4 is 5.32 Å². The van der Waals surface area contributed by atoms with E-state index in [-0.39, 0.29) is 16.9 Å². The van der Waals surface area contributed by atoms with Gasteiger partial charge in [-0.25, -0.2) is 4.79 Å². The summed E-state index contributed by atoms with van der Waals surface area (Å²) in [7, 11) is 0. The second kappa shape index (κ2) is 8.04. The molecule has 7 nitrogen and oxygen atoms in total. The molecule has 0 aromatic heterocycles. The van der Waals surface area contributed by atoms with Crippen LogP contribution in [-0.2, 0) is 0 Å². The number of nitrogens with zero attached hydrogens (tertiary/aromatic N) is 2. The molecule has 2 rings (SSSR count). The molecule has 0 bridgehead atoms. The lowest BCUT2D eigenvalue weighted by atomic mass is 10.2. The van der Waals surface area contributed by atoms with Crippen LogP contribution in [0, 0.1) is 9.81 Å². The van der Waals surface area contributed by atoms with Crippen molar-refractivity contribution < 1.29 is 9.90 Å². The van der Waals surface area contributed by atoms with Crippen molar-refractivity contribution in [2.24, 2.45) is 10.4 Å². The zero-order chi connectivity index (χ0) is 14.1. The van der Waals surface area contributed by atoms with Gasteiger partial charge in [-0.2, -0.15) is 0 Å². The van der Waals surface area contributed by atoms with Crippen LogP contribution in [0.2, 0.25) is 0 Å². The Morgan fingerprint density at radius 2 is 1.53 bits per heavy atom. The van der Waals surface area contributed by atoms with Crippen LogP contribution in [0.4, 0.5) is 11.4 Å². The van der Waals surface area contributed by atoms with Crippen molar-refractivity contribution in [3.05, 3.63) is 33.6 Å². The predicted molar refractivity (Wildman–Crippen MR) is 71.0 cm³/mol. The standard InChI is InChI=1S/C7H4N2O4.C5H11N/c10-7(11)4-1-5(8-12)3-6(2-4)9-13;1-2-4-6-5-3-1/h1-3H,(H,10,11);6H,1-5H2. The smallest absolute Gasteiger partial charge is 0.335 e. The monoisotopic (exact) mass is 265 g/mol. The average Bonchev–Trinajstić information content (AvgIpc) is 2.49. The number of benzene rings is 1. The Hall–Kier alpha value is -2.15. The Bertz CT molecular complexity index is 421. The van der Waals surface area contributed by atoms with Gasteiger partial charge < -0.3 is 10.4 Å². The van der Waals surface area contributed by atoms with Crippen LogP contribution in [0.25, 0.3) is 0 Å². The summed E-state index contributed by atoms with van der Waals surface area (Å²) in [6.45, 7) is 2.50. The molecular formula is C12H15N3O4. The van der Waals surface area contributed by atoms with E-state index >= 15 is 0 Å². The summed E-state index contributed by atoms with van der Waals surface area (Å²) in [6, 6.07) is 3.22. The van der Waals surface area contributed by atoms with Crippen LogP contribution in [0.15, 0.2) is 28.6 Å². The van der Waals surface area contributed by atoms with E-state index in [1.807, 2.05) is 0 Å². The van der Waals surface area contributed by atoms with Gasteiger partial charge in [0.25, 0.3) is 0 Å². The number of piperidine rings is 1. The minimum Gasteiger partial charge on any atom is -0.478 e. The van der Waals surface area contributed by atoms with Crippen LogP contribution in [0.5, 0.6) is 0 Å². The van der Waals surface area contributed by atoms with Gasteiger partial charge in [0.2, 0.25) is 0 Å². The first-order valence-electron chi connectivity index (χ1n) is 5.93. The summed E-state index contributed by atoms with van der Waals surface area (Å²) < 4.78 is 0. The van der Waals surface area contributed by atoms with Gasteiger partial charge in [-0.05, 0) is 54.5 Å². The molecular weight excluding hydrogens is 250 g/mol. The largest absolute Gasteiger partial charge is 0.478 e. The lowest BCUT2D eigenvalue weighted by molar-refractivity contribution is 0.0697. The van der Waals surface area contributed by atoms with E-state index in [2.05, 4.69) is 15.7 Å². The van der Waals surface area contributed by atoms with Crippen molar-refractivity contribution in [3.63, 3.8) is 0 Å². The minimum atomic E-state index is -1.24. The number of rotatable bonds is 3. The summed E-state index contributed by atoms with van der Waals surface area (Å²) in [4.78, 5) is 30.6. The predicted octanol–water partition coefficient (Wildman–Crippen LogP) is 2.94. The molecule has 19 heavy (non-hydrogen) atoms. The summed E-state index contributed by atoms with van der Waals surface area (Å²) in [5.74, 6) is -1.24. The molecule has 1 saturated heterocycles. The molecule has 1 heterocycles. The molecule has 1 aliphatic heterocycles. The summed E-state index contributed by atoms with van der Waals surface area (Å²) in [6.07, 6.45) is 4.22. The lowest BCUT2D eigenvalue weighted by Gasteiger charge is -2.08. The third kappa shape index (κ3) is 5.35. The van der Waals surface area contributed by atoms with Crippen molar-refractivity contribution in [1.82, 2.24) is 5.32 Å². The SMILES string of the molecule is C1CCNCC1.O=Nc1cc(N=O)cc(C(=O)O)c1. The Kier molecular flexibility index (Phi) is 6.31. The zero-order valence-corrected chi connectivity index (χ0v) is 10.3. The number of carboxylic acids is 1. The first-order chi connectivity index (χ1) is 9.17. The van der Waals surface area contributed by atoms with E-state index in [4.69, 9.17) is 5.11 Å². The molecule has 1 aromatic rings. The van der Waals surface area contributed by atoms with E-state index in [1.54, 1.807) is 0 Å². The Labute approximate surface area is 110 Å². The van der Waals surface area contributed by atoms with Crippen LogP contribution >= 0.6 is 0 Å². The molecule has 7 heteroatoms. The fourth-order valence-corrected chi connectivity index (χ4v) is 1.63. The van der Waals surface area contributed by atoms with Crippen molar-refractivity contribution in [3.8, 4) is 0 Å². The van der Waals surface area contributed by atoms with E-state index in [0.29, 0.717) is 0 Å². The normalized spacial score (nSPS) is 13.9. The molecule has 0 spiro atoms. The number of carbonyl (C=O) groups is 1. The van der Waals surface area contributed by atoms with Crippen molar-refractivity contribution in [2.75, 3.05) is 13.1 Å². The van der Waals surface area contributed by atoms with Crippen LogP contribution in [-0.4, -0.2) is 24.2 Å². The van der Waals surface area contributed by atoms with Gasteiger partial charge in [-0.15, -0.1) is 9.81 Å². The van der Waals surface area contributed by atoms with E-state index < -0.39 is 5.97 Å². The van der Waals surface area contributed by atoms with Crippen LogP contribution in [0.3, 0.4) is 0 Å². The summed E-state index contributed by atoms with van der Waals surface area (Å²) in [5.41, 5.74) is -0.448. The molecule has 1 aromatic carbocycles. The Morgan fingerprint density at radius 3 is 1.79 bits per heavy atom. The fourth-order valence-electron chi connectivity index (χ4n) is 1.63. The van der Waals surface area contributed by atoms with Gasteiger partial charge in [0.15, 0.2) is 0 Å². The third-order valence-corrected chi connectivity index (χ3v) is 2.57. The highest BCUT2D eigenvalue weighted by molar-refractivity contribution is 5.89. The third-order valence-electron chi connectivity index (χ3n) is 2.57. The summed E-state index contributed by atoms with van der Waals surface area (Å²) >= 11 is 0. The highest BCUT2D eigenvalue weighted by Crippen LogP contribution is 2.23. The molecule has 0 unspecified atom stereocenters. The molecule has 0 saturated carbocycles. The fraction of sp³-hybridized carbons (Fsp3) is 0.417. The quantitative estimate of drug-likeness (QED) is 0.817. The average molecular weight is 265 g/mol. The lowest BCUT2D eigenvalue weighted by Crippen LogP contribution is -2.21. The summed E-state index contributed by atoms with van der Waals surface area (Å²) in [5, 5.41) is 16.8. The second-order valence-electron chi connectivity index (χ2n) is 4.04. The van der Waals surface area contributed by atoms with Gasteiger partial charge in [0, 0.05) is 0 Å². The first kappa shape index (κ1) is 14.9. The molecule has 0 atom stereocenters. The maximum Gasteiger partial charge on any atom is 0.335 e. The molecule has 1 aliphatic rings. The number of aromatic carboxylic acids is 1. The van der Waals surface area contributed by atoms with Crippen molar-refractivity contribution >= 4 is 17.3 Å².